The quantitative estimate of drug-likeness (QED) is 0.604. The summed E-state index contributed by atoms with van der Waals surface area (Å²) in [6, 6.07) is 7.01. The molecule has 2 rings (SSSR count). The van der Waals surface area contributed by atoms with Crippen LogP contribution in [0.3, 0.4) is 0 Å². The lowest BCUT2D eigenvalue weighted by Gasteiger charge is -2.08. The van der Waals surface area contributed by atoms with E-state index in [2.05, 4.69) is 5.10 Å². The highest BCUT2D eigenvalue weighted by Crippen LogP contribution is 2.24. The molecule has 0 atom stereocenters. The van der Waals surface area contributed by atoms with Crippen molar-refractivity contribution in [3.05, 3.63) is 45.6 Å². The average molecular weight is 348 g/mol. The number of alkyl halides is 1. The molecule has 0 radical (unpaired) electrons. The summed E-state index contributed by atoms with van der Waals surface area (Å²) in [4.78, 5) is 11.5. The molecule has 0 N–H and O–H groups in total. The van der Waals surface area contributed by atoms with Gasteiger partial charge in [0.1, 0.15) is 0 Å². The summed E-state index contributed by atoms with van der Waals surface area (Å²) >= 11 is 17.4. The molecule has 1 aromatic carbocycles. The second-order valence-corrected chi connectivity index (χ2v) is 5.64. The Morgan fingerprint density at radius 2 is 2.05 bits per heavy atom. The number of esters is 1. The predicted octanol–water partition coefficient (Wildman–Crippen LogP) is 4.08. The molecular weight excluding hydrogens is 335 g/mol. The van der Waals surface area contributed by atoms with Gasteiger partial charge in [0.05, 0.1) is 28.7 Å². The van der Waals surface area contributed by atoms with E-state index >= 15 is 0 Å². The van der Waals surface area contributed by atoms with Gasteiger partial charge >= 0.3 is 5.97 Å². The number of hydrogen-bond acceptors (Lipinski definition) is 3. The molecule has 0 bridgehead atoms. The van der Waals surface area contributed by atoms with Crippen molar-refractivity contribution >= 4 is 40.8 Å². The Morgan fingerprint density at radius 1 is 1.29 bits per heavy atom. The third-order valence-corrected chi connectivity index (χ3v) is 3.63. The van der Waals surface area contributed by atoms with Crippen LogP contribution in [-0.4, -0.2) is 21.6 Å². The maximum absolute atomic E-state index is 11.5. The van der Waals surface area contributed by atoms with Crippen molar-refractivity contribution in [2.75, 3.05) is 5.88 Å². The van der Waals surface area contributed by atoms with Gasteiger partial charge in [-0.1, -0.05) is 29.3 Å². The molecule has 0 fully saturated rings. The Bertz CT molecular complexity index is 656. The zero-order valence-electron chi connectivity index (χ0n) is 11.3. The van der Waals surface area contributed by atoms with E-state index in [0.29, 0.717) is 22.5 Å². The number of aryl methyl sites for hydroxylation is 1. The minimum atomic E-state index is -0.389. The number of benzene rings is 1. The first-order valence-electron chi connectivity index (χ1n) is 6.24. The highest BCUT2D eigenvalue weighted by Gasteiger charge is 2.12. The maximum Gasteiger partial charge on any atom is 0.313 e. The normalized spacial score (nSPS) is 10.7. The lowest BCUT2D eigenvalue weighted by Crippen LogP contribution is -2.13. The van der Waals surface area contributed by atoms with Crippen LogP contribution in [0, 0.1) is 6.92 Å². The van der Waals surface area contributed by atoms with Crippen LogP contribution in [0.2, 0.25) is 10.0 Å². The molecular formula is C14H13Cl3N2O2. The lowest BCUT2D eigenvalue weighted by atomic mass is 10.2. The Balaban J connectivity index is 2.19. The van der Waals surface area contributed by atoms with Gasteiger partial charge in [-0.3, -0.25) is 4.79 Å². The summed E-state index contributed by atoms with van der Waals surface area (Å²) < 4.78 is 6.85. The van der Waals surface area contributed by atoms with Crippen LogP contribution in [0.25, 0.3) is 0 Å². The number of halogens is 3. The predicted molar refractivity (Wildman–Crippen MR) is 83.5 cm³/mol. The van der Waals surface area contributed by atoms with E-state index in [4.69, 9.17) is 39.5 Å². The van der Waals surface area contributed by atoms with Gasteiger partial charge < -0.3 is 4.74 Å². The minimum Gasteiger partial charge on any atom is -0.408 e. The van der Waals surface area contributed by atoms with Crippen LogP contribution in [0.4, 0.5) is 0 Å². The largest absolute Gasteiger partial charge is 0.408 e. The number of hydrogen-bond donors (Lipinski definition) is 0. The van der Waals surface area contributed by atoms with Crippen molar-refractivity contribution in [2.45, 2.75) is 19.9 Å². The third-order valence-electron chi connectivity index (χ3n) is 2.70. The van der Waals surface area contributed by atoms with Crippen molar-refractivity contribution in [1.82, 2.24) is 9.78 Å². The molecule has 0 saturated carbocycles. The first kappa shape index (κ1) is 16.1. The molecule has 0 aliphatic carbocycles. The number of rotatable bonds is 5. The van der Waals surface area contributed by atoms with Gasteiger partial charge in [0.15, 0.2) is 0 Å². The smallest absolute Gasteiger partial charge is 0.313 e. The molecule has 0 amide bonds. The van der Waals surface area contributed by atoms with Crippen molar-refractivity contribution in [3.63, 3.8) is 0 Å². The molecule has 2 aromatic rings. The summed E-state index contributed by atoms with van der Waals surface area (Å²) in [5.74, 6) is 0.215. The monoisotopic (exact) mass is 346 g/mol. The van der Waals surface area contributed by atoms with E-state index in [0.717, 1.165) is 11.3 Å². The van der Waals surface area contributed by atoms with Gasteiger partial charge in [0.25, 0.3) is 0 Å². The van der Waals surface area contributed by atoms with E-state index in [-0.39, 0.29) is 18.3 Å². The topological polar surface area (TPSA) is 44.1 Å². The fourth-order valence-corrected chi connectivity index (χ4v) is 2.25. The summed E-state index contributed by atoms with van der Waals surface area (Å²) in [6.45, 7) is 2.25. The molecule has 4 nitrogen and oxygen atoms in total. The number of carbonyl (C=O) groups is 1. The Kier molecular flexibility index (Phi) is 5.51. The molecule has 0 unspecified atom stereocenters. The minimum absolute atomic E-state index is 0.151. The second-order valence-electron chi connectivity index (χ2n) is 4.44. The zero-order valence-corrected chi connectivity index (χ0v) is 13.5. The van der Waals surface area contributed by atoms with E-state index in [9.17, 15) is 4.79 Å². The molecule has 21 heavy (non-hydrogen) atoms. The fraction of sp³-hybridized carbons (Fsp3) is 0.286. The maximum atomic E-state index is 11.5. The van der Waals surface area contributed by atoms with E-state index in [1.807, 2.05) is 13.0 Å². The highest BCUT2D eigenvalue weighted by atomic mass is 35.5. The van der Waals surface area contributed by atoms with Crippen LogP contribution in [0.15, 0.2) is 24.3 Å². The first-order chi connectivity index (χ1) is 9.99. The summed E-state index contributed by atoms with van der Waals surface area (Å²) in [6.07, 6.45) is 0.151. The zero-order chi connectivity index (χ0) is 15.4. The number of nitrogens with zero attached hydrogens (tertiary/aromatic N) is 2. The number of carbonyl (C=O) groups excluding carboxylic acids is 1. The fourth-order valence-electron chi connectivity index (χ4n) is 1.77. The molecule has 0 spiro atoms. The van der Waals surface area contributed by atoms with Crippen molar-refractivity contribution in [1.29, 1.82) is 0 Å². The van der Waals surface area contributed by atoms with Crippen LogP contribution in [0.1, 0.15) is 17.7 Å². The standard InChI is InChI=1S/C14H13Cl3N2O2/c1-9-6-13(21-14(20)4-5-15)19(18-9)8-10-2-3-11(16)12(17)7-10/h2-3,6-7H,4-5,8H2,1H3. The van der Waals surface area contributed by atoms with Crippen LogP contribution in [0.5, 0.6) is 5.88 Å². The summed E-state index contributed by atoms with van der Waals surface area (Å²) in [5.41, 5.74) is 1.66. The van der Waals surface area contributed by atoms with Gasteiger partial charge in [-0.05, 0) is 24.6 Å². The first-order valence-corrected chi connectivity index (χ1v) is 7.53. The van der Waals surface area contributed by atoms with Gasteiger partial charge in [0.2, 0.25) is 5.88 Å². The molecule has 1 heterocycles. The van der Waals surface area contributed by atoms with Crippen LogP contribution >= 0.6 is 34.8 Å². The van der Waals surface area contributed by atoms with E-state index in [1.165, 1.54) is 0 Å². The van der Waals surface area contributed by atoms with Crippen LogP contribution in [-0.2, 0) is 11.3 Å². The van der Waals surface area contributed by atoms with Crippen molar-refractivity contribution in [3.8, 4) is 5.88 Å². The van der Waals surface area contributed by atoms with Gasteiger partial charge in [-0.25, -0.2) is 4.68 Å². The van der Waals surface area contributed by atoms with Crippen LogP contribution < -0.4 is 4.74 Å². The van der Waals surface area contributed by atoms with E-state index in [1.54, 1.807) is 22.9 Å². The van der Waals surface area contributed by atoms with Gasteiger partial charge in [-0.2, -0.15) is 5.10 Å². The number of ether oxygens (including phenoxy) is 1. The molecule has 0 aliphatic rings. The van der Waals surface area contributed by atoms with Gasteiger partial charge in [-0.15, -0.1) is 11.6 Å². The third kappa shape index (κ3) is 4.37. The van der Waals surface area contributed by atoms with Crippen molar-refractivity contribution < 1.29 is 9.53 Å². The summed E-state index contributed by atoms with van der Waals surface area (Å²) in [7, 11) is 0. The van der Waals surface area contributed by atoms with Crippen molar-refractivity contribution in [2.24, 2.45) is 0 Å². The highest BCUT2D eigenvalue weighted by molar-refractivity contribution is 6.42. The lowest BCUT2D eigenvalue weighted by molar-refractivity contribution is -0.134. The SMILES string of the molecule is Cc1cc(OC(=O)CCCl)n(Cc2ccc(Cl)c(Cl)c2)n1. The van der Waals surface area contributed by atoms with E-state index < -0.39 is 0 Å². The Morgan fingerprint density at radius 3 is 2.71 bits per heavy atom. The average Bonchev–Trinajstić information content (AvgIpc) is 2.74. The molecule has 0 saturated heterocycles. The van der Waals surface area contributed by atoms with Gasteiger partial charge in [0, 0.05) is 11.9 Å². The molecule has 0 aliphatic heterocycles. The molecule has 7 heteroatoms. The Hall–Kier alpha value is -1.23. The molecule has 112 valence electrons. The Labute approximate surface area is 137 Å². The summed E-state index contributed by atoms with van der Waals surface area (Å²) in [5, 5.41) is 5.26. The second kappa shape index (κ2) is 7.16. The number of aromatic nitrogens is 2. The molecule has 1 aromatic heterocycles.